The zero-order valence-electron chi connectivity index (χ0n) is 14.8. The largest absolute Gasteiger partial charge is 0.494 e. The van der Waals surface area contributed by atoms with Crippen molar-refractivity contribution in [2.75, 3.05) is 20.1 Å². The molecule has 1 aromatic carbocycles. The Morgan fingerprint density at radius 1 is 1.17 bits per heavy atom. The standard InChI is InChI=1S/C19H26BNO2/c1-18(2)19(3,4)23-20(22-18)17-8-6-7-15(13-17)9-10-16-11-12-21(5)14-16/h6-8,13,16H,11-12,14H2,1-5H3. The van der Waals surface area contributed by atoms with Gasteiger partial charge in [-0.3, -0.25) is 0 Å². The predicted molar refractivity (Wildman–Crippen MR) is 94.6 cm³/mol. The van der Waals surface area contributed by atoms with Crippen LogP contribution in [0.5, 0.6) is 0 Å². The molecule has 0 aromatic heterocycles. The van der Waals surface area contributed by atoms with E-state index in [9.17, 15) is 0 Å². The van der Waals surface area contributed by atoms with Gasteiger partial charge in [-0.05, 0) is 65.3 Å². The summed E-state index contributed by atoms with van der Waals surface area (Å²) in [7, 11) is 1.83. The Hall–Kier alpha value is -1.28. The zero-order chi connectivity index (χ0) is 16.7. The maximum Gasteiger partial charge on any atom is 0.494 e. The molecule has 0 aliphatic carbocycles. The summed E-state index contributed by atoms with van der Waals surface area (Å²) in [5.74, 6) is 7.22. The fraction of sp³-hybridized carbons (Fsp3) is 0.579. The summed E-state index contributed by atoms with van der Waals surface area (Å²) in [5, 5.41) is 0. The molecular formula is C19H26BNO2. The van der Waals surface area contributed by atoms with Gasteiger partial charge >= 0.3 is 7.12 Å². The molecule has 0 spiro atoms. The minimum atomic E-state index is -0.320. The summed E-state index contributed by atoms with van der Waals surface area (Å²) in [5.41, 5.74) is 1.45. The molecule has 2 aliphatic rings. The molecule has 23 heavy (non-hydrogen) atoms. The molecule has 0 amide bonds. The molecular weight excluding hydrogens is 285 g/mol. The number of benzene rings is 1. The van der Waals surface area contributed by atoms with E-state index in [1.807, 2.05) is 6.07 Å². The number of hydrogen-bond donors (Lipinski definition) is 0. The Balaban J connectivity index is 1.75. The lowest BCUT2D eigenvalue weighted by Crippen LogP contribution is -2.41. The molecule has 0 N–H and O–H groups in total. The average molecular weight is 311 g/mol. The van der Waals surface area contributed by atoms with Crippen molar-refractivity contribution in [2.24, 2.45) is 5.92 Å². The van der Waals surface area contributed by atoms with Gasteiger partial charge in [0.05, 0.1) is 11.2 Å². The van der Waals surface area contributed by atoms with Gasteiger partial charge in [-0.15, -0.1) is 0 Å². The lowest BCUT2D eigenvalue weighted by Gasteiger charge is -2.32. The van der Waals surface area contributed by atoms with Gasteiger partial charge in [0, 0.05) is 18.0 Å². The van der Waals surface area contributed by atoms with Crippen LogP contribution in [0.4, 0.5) is 0 Å². The van der Waals surface area contributed by atoms with Gasteiger partial charge < -0.3 is 14.2 Å². The Bertz CT molecular complexity index is 628. The van der Waals surface area contributed by atoms with Gasteiger partial charge in [0.1, 0.15) is 0 Å². The van der Waals surface area contributed by atoms with Crippen LogP contribution in [0.3, 0.4) is 0 Å². The molecule has 1 unspecified atom stereocenters. The molecule has 2 aliphatic heterocycles. The van der Waals surface area contributed by atoms with Crippen molar-refractivity contribution in [3.8, 4) is 11.8 Å². The summed E-state index contributed by atoms with van der Waals surface area (Å²) < 4.78 is 12.2. The maximum atomic E-state index is 6.12. The molecule has 3 rings (SSSR count). The van der Waals surface area contributed by atoms with E-state index < -0.39 is 0 Å². The van der Waals surface area contributed by atoms with E-state index in [-0.39, 0.29) is 18.3 Å². The second-order valence-corrected chi connectivity index (χ2v) is 7.73. The van der Waals surface area contributed by atoms with Gasteiger partial charge in [0.15, 0.2) is 0 Å². The number of likely N-dealkylation sites (tertiary alicyclic amines) is 1. The van der Waals surface area contributed by atoms with Crippen LogP contribution >= 0.6 is 0 Å². The third-order valence-corrected chi connectivity index (χ3v) is 5.22. The average Bonchev–Trinajstić information content (AvgIpc) is 2.98. The molecule has 1 aromatic rings. The van der Waals surface area contributed by atoms with Crippen LogP contribution < -0.4 is 5.46 Å². The van der Waals surface area contributed by atoms with Gasteiger partial charge in [0.25, 0.3) is 0 Å². The first-order valence-corrected chi connectivity index (χ1v) is 8.42. The van der Waals surface area contributed by atoms with Crippen molar-refractivity contribution in [1.82, 2.24) is 4.90 Å². The van der Waals surface area contributed by atoms with Gasteiger partial charge in [0.2, 0.25) is 0 Å². The highest BCUT2D eigenvalue weighted by atomic mass is 16.7. The third-order valence-electron chi connectivity index (χ3n) is 5.22. The highest BCUT2D eigenvalue weighted by Gasteiger charge is 2.51. The van der Waals surface area contributed by atoms with Crippen molar-refractivity contribution in [3.05, 3.63) is 29.8 Å². The molecule has 4 heteroatoms. The molecule has 122 valence electrons. The molecule has 2 fully saturated rings. The van der Waals surface area contributed by atoms with Crippen LogP contribution in [0, 0.1) is 17.8 Å². The molecule has 1 atom stereocenters. The zero-order valence-corrected chi connectivity index (χ0v) is 14.8. The van der Waals surface area contributed by atoms with E-state index in [0.29, 0.717) is 5.92 Å². The minimum Gasteiger partial charge on any atom is -0.399 e. The van der Waals surface area contributed by atoms with Gasteiger partial charge in [-0.1, -0.05) is 24.0 Å². The minimum absolute atomic E-state index is 0.312. The lowest BCUT2D eigenvalue weighted by molar-refractivity contribution is 0.00578. The Morgan fingerprint density at radius 3 is 2.48 bits per heavy atom. The van der Waals surface area contributed by atoms with Crippen LogP contribution in [0.15, 0.2) is 24.3 Å². The molecule has 2 saturated heterocycles. The van der Waals surface area contributed by atoms with E-state index in [0.717, 1.165) is 24.1 Å². The van der Waals surface area contributed by atoms with Crippen molar-refractivity contribution in [3.63, 3.8) is 0 Å². The van der Waals surface area contributed by atoms with Crippen molar-refractivity contribution >= 4 is 12.6 Å². The fourth-order valence-corrected chi connectivity index (χ4v) is 2.98. The Morgan fingerprint density at radius 2 is 1.87 bits per heavy atom. The Labute approximate surface area is 140 Å². The van der Waals surface area contributed by atoms with Crippen molar-refractivity contribution in [2.45, 2.75) is 45.3 Å². The summed E-state index contributed by atoms with van der Waals surface area (Å²) in [6.45, 7) is 10.5. The predicted octanol–water partition coefficient (Wildman–Crippen LogP) is 2.29. The van der Waals surface area contributed by atoms with E-state index in [1.165, 1.54) is 6.42 Å². The van der Waals surface area contributed by atoms with Crippen LogP contribution in [0.2, 0.25) is 0 Å². The SMILES string of the molecule is CN1CCC(C#Cc2cccc(B3OC(C)(C)C(C)(C)O3)c2)C1. The number of nitrogens with zero attached hydrogens (tertiary/aromatic N) is 1. The van der Waals surface area contributed by atoms with E-state index in [4.69, 9.17) is 9.31 Å². The monoisotopic (exact) mass is 311 g/mol. The summed E-state index contributed by atoms with van der Waals surface area (Å²) in [6.07, 6.45) is 1.17. The summed E-state index contributed by atoms with van der Waals surface area (Å²) in [4.78, 5) is 2.33. The number of rotatable bonds is 1. The lowest BCUT2D eigenvalue weighted by atomic mass is 9.78. The van der Waals surface area contributed by atoms with Crippen LogP contribution in [-0.2, 0) is 9.31 Å². The van der Waals surface area contributed by atoms with E-state index in [2.05, 4.69) is 69.7 Å². The molecule has 0 radical (unpaired) electrons. The normalized spacial score (nSPS) is 26.1. The van der Waals surface area contributed by atoms with E-state index in [1.54, 1.807) is 0 Å². The molecule has 0 saturated carbocycles. The summed E-state index contributed by atoms with van der Waals surface area (Å²) >= 11 is 0. The smallest absolute Gasteiger partial charge is 0.399 e. The quantitative estimate of drug-likeness (QED) is 0.587. The molecule has 0 bridgehead atoms. The van der Waals surface area contributed by atoms with Crippen molar-refractivity contribution < 1.29 is 9.31 Å². The maximum absolute atomic E-state index is 6.12. The highest BCUT2D eigenvalue weighted by molar-refractivity contribution is 6.62. The fourth-order valence-electron chi connectivity index (χ4n) is 2.98. The van der Waals surface area contributed by atoms with Gasteiger partial charge in [-0.25, -0.2) is 0 Å². The second-order valence-electron chi connectivity index (χ2n) is 7.73. The first-order valence-electron chi connectivity index (χ1n) is 8.42. The highest BCUT2D eigenvalue weighted by Crippen LogP contribution is 2.36. The van der Waals surface area contributed by atoms with Crippen molar-refractivity contribution in [1.29, 1.82) is 0 Å². The first-order chi connectivity index (χ1) is 10.8. The number of hydrogen-bond acceptors (Lipinski definition) is 3. The van der Waals surface area contributed by atoms with Crippen LogP contribution in [-0.4, -0.2) is 43.4 Å². The first kappa shape index (κ1) is 16.6. The molecule has 3 nitrogen and oxygen atoms in total. The van der Waals surface area contributed by atoms with E-state index >= 15 is 0 Å². The third kappa shape index (κ3) is 3.48. The van der Waals surface area contributed by atoms with Gasteiger partial charge in [-0.2, -0.15) is 0 Å². The topological polar surface area (TPSA) is 21.7 Å². The van der Waals surface area contributed by atoms with Crippen LogP contribution in [0.1, 0.15) is 39.7 Å². The van der Waals surface area contributed by atoms with Crippen LogP contribution in [0.25, 0.3) is 0 Å². The molecule has 2 heterocycles. The summed E-state index contributed by atoms with van der Waals surface area (Å²) in [6, 6.07) is 8.23. The second kappa shape index (κ2) is 5.98. The Kier molecular flexibility index (Phi) is 4.31.